The van der Waals surface area contributed by atoms with Crippen LogP contribution in [0.4, 0.5) is 0 Å². The summed E-state index contributed by atoms with van der Waals surface area (Å²) < 4.78 is 0. The number of aromatic nitrogens is 6. The second kappa shape index (κ2) is 15.8. The van der Waals surface area contributed by atoms with Crippen molar-refractivity contribution in [2.24, 2.45) is 0 Å². The fourth-order valence-electron chi connectivity index (χ4n) is 2.21. The molecule has 0 atom stereocenters. The van der Waals surface area contributed by atoms with Crippen molar-refractivity contribution in [3.8, 4) is 0 Å². The normalized spacial score (nSPS) is 8.85. The van der Waals surface area contributed by atoms with E-state index >= 15 is 0 Å². The predicted molar refractivity (Wildman–Crippen MR) is 115 cm³/mol. The van der Waals surface area contributed by atoms with E-state index in [-0.39, 0.29) is 38.4 Å². The smallest absolute Gasteiger partial charge is 0.478 e. The molecule has 162 valence electrons. The zero-order valence-corrected chi connectivity index (χ0v) is 21.3. The van der Waals surface area contributed by atoms with Crippen LogP contribution in [0.15, 0.2) is 85.2 Å². The first-order valence-electron chi connectivity index (χ1n) is 9.03. The molecule has 0 spiro atoms. The van der Waals surface area contributed by atoms with Gasteiger partial charge in [0.05, 0.1) is 11.1 Å². The molecule has 0 aliphatic carbocycles. The van der Waals surface area contributed by atoms with E-state index in [0.29, 0.717) is 0 Å². The van der Waals surface area contributed by atoms with E-state index < -0.39 is 11.9 Å². The molecule has 4 N–H and O–H groups in total. The Morgan fingerprint density at radius 2 is 1.06 bits per heavy atom. The van der Waals surface area contributed by atoms with Gasteiger partial charge in [0.1, 0.15) is 0 Å². The Kier molecular flexibility index (Phi) is 13.0. The van der Waals surface area contributed by atoms with E-state index in [4.69, 9.17) is 10.2 Å². The van der Waals surface area contributed by atoms with Gasteiger partial charge < -0.3 is 43.0 Å². The molecule has 0 saturated carbocycles. The minimum absolute atomic E-state index is 0. The molecule has 10 nitrogen and oxygen atoms in total. The van der Waals surface area contributed by atoms with Gasteiger partial charge in [-0.1, -0.05) is 54.6 Å². The molecule has 5 aromatic rings. The average molecular weight is 543 g/mol. The number of carboxylic acid groups (broad SMARTS) is 2. The number of aromatic carboxylic acids is 2. The maximum atomic E-state index is 10.4. The first-order chi connectivity index (χ1) is 15.6. The first-order valence-corrected chi connectivity index (χ1v) is 9.03. The maximum Gasteiger partial charge on any atom is 2.00 e. The van der Waals surface area contributed by atoms with Crippen LogP contribution in [-0.4, -0.2) is 53.0 Å². The van der Waals surface area contributed by atoms with Gasteiger partial charge in [0, 0.05) is 0 Å². The molecule has 0 fully saturated rings. The maximum absolute atomic E-state index is 10.4. The van der Waals surface area contributed by atoms with Crippen molar-refractivity contribution in [2.45, 2.75) is 0 Å². The number of hydrogen-bond donors (Lipinski definition) is 4. The third kappa shape index (κ3) is 10.8. The monoisotopic (exact) mass is 544 g/mol. The van der Waals surface area contributed by atoms with Crippen molar-refractivity contribution in [1.29, 1.82) is 0 Å². The SMILES string of the molecule is O=C(O)c1cccc(C(=O)O)c1.[Cd+2].[c-]1c[nH]nn1.[c-]1c[nH]nn1.c1ccc2ccccc2c1. The van der Waals surface area contributed by atoms with Crippen LogP contribution in [0.2, 0.25) is 0 Å². The summed E-state index contributed by atoms with van der Waals surface area (Å²) in [5, 5.41) is 37.7. The molecule has 2 heterocycles. The largest absolute Gasteiger partial charge is 2.00 e. The molecule has 0 aliphatic heterocycles. The number of benzene rings is 3. The Morgan fingerprint density at radius 3 is 1.30 bits per heavy atom. The van der Waals surface area contributed by atoms with E-state index in [0.717, 1.165) is 6.07 Å². The molecule has 0 saturated heterocycles. The number of carbonyl (C=O) groups is 2. The summed E-state index contributed by atoms with van der Waals surface area (Å²) in [6, 6.07) is 21.9. The van der Waals surface area contributed by atoms with Gasteiger partial charge >= 0.3 is 39.2 Å². The van der Waals surface area contributed by atoms with Crippen LogP contribution in [0.25, 0.3) is 10.8 Å². The number of rotatable bonds is 2. The summed E-state index contributed by atoms with van der Waals surface area (Å²) in [5.41, 5.74) is -0.0372. The number of H-pyrrole nitrogens is 2. The molecule has 33 heavy (non-hydrogen) atoms. The third-order valence-electron chi connectivity index (χ3n) is 3.60. The van der Waals surface area contributed by atoms with Crippen molar-refractivity contribution >= 4 is 22.7 Å². The topological polar surface area (TPSA) is 158 Å². The van der Waals surface area contributed by atoms with Gasteiger partial charge in [0.25, 0.3) is 0 Å². The Balaban J connectivity index is 0.000000232. The molecule has 0 amide bonds. The zero-order chi connectivity index (χ0) is 23.0. The number of hydrogen-bond acceptors (Lipinski definition) is 6. The van der Waals surface area contributed by atoms with Crippen molar-refractivity contribution < 1.29 is 47.1 Å². The Bertz CT molecular complexity index is 1050. The van der Waals surface area contributed by atoms with Crippen LogP contribution in [-0.2, 0) is 27.3 Å². The van der Waals surface area contributed by atoms with Crippen LogP contribution in [0, 0.1) is 12.4 Å². The van der Waals surface area contributed by atoms with Gasteiger partial charge in [-0.3, -0.25) is 0 Å². The van der Waals surface area contributed by atoms with Crippen LogP contribution in [0.5, 0.6) is 0 Å². The quantitative estimate of drug-likeness (QED) is 0.196. The second-order valence-electron chi connectivity index (χ2n) is 5.74. The van der Waals surface area contributed by atoms with Crippen molar-refractivity contribution in [2.75, 3.05) is 0 Å². The number of carboxylic acids is 2. The minimum Gasteiger partial charge on any atom is -0.478 e. The van der Waals surface area contributed by atoms with E-state index in [2.05, 4.69) is 91.7 Å². The number of nitrogens with one attached hydrogen (secondary N) is 2. The molecule has 0 bridgehead atoms. The molecular weight excluding hydrogens is 525 g/mol. The van der Waals surface area contributed by atoms with Gasteiger partial charge in [-0.2, -0.15) is 0 Å². The van der Waals surface area contributed by atoms with Gasteiger partial charge in [-0.25, -0.2) is 9.59 Å². The van der Waals surface area contributed by atoms with E-state index in [1.54, 1.807) is 0 Å². The van der Waals surface area contributed by atoms with Crippen LogP contribution in [0.1, 0.15) is 20.7 Å². The number of aromatic amines is 2. The van der Waals surface area contributed by atoms with E-state index in [1.807, 2.05) is 0 Å². The fraction of sp³-hybridized carbons (Fsp3) is 0. The summed E-state index contributed by atoms with van der Waals surface area (Å²) in [6.45, 7) is 0. The van der Waals surface area contributed by atoms with Crippen molar-refractivity contribution in [1.82, 2.24) is 30.8 Å². The standard InChI is InChI=1S/C10H8.C8H6O4.2C2H2N3.Cd/c1-2-6-10-8-4-3-7-9(10)5-1;9-7(10)5-2-1-3-6(4-5)8(11)12;2*1-2-4-5-3-1;/h1-8H;1-4H,(H,9,10)(H,11,12);2*1H,(H,3,4,5);/q;;2*-1;+2. The van der Waals surface area contributed by atoms with Gasteiger partial charge in [-0.15, -0.1) is 22.8 Å². The molecule has 11 heteroatoms. The fourth-order valence-corrected chi connectivity index (χ4v) is 2.21. The molecule has 5 rings (SSSR count). The van der Waals surface area contributed by atoms with E-state index in [9.17, 15) is 9.59 Å². The predicted octanol–water partition coefficient (Wildman–Crippen LogP) is 3.13. The summed E-state index contributed by atoms with van der Waals surface area (Å²) in [5.74, 6) is -2.25. The first kappa shape index (κ1) is 27.1. The van der Waals surface area contributed by atoms with E-state index in [1.165, 1.54) is 41.4 Å². The molecule has 3 aromatic carbocycles. The van der Waals surface area contributed by atoms with Crippen molar-refractivity contribution in [3.05, 3.63) is 109 Å². The number of nitrogens with zero attached hydrogens (tertiary/aromatic N) is 4. The van der Waals surface area contributed by atoms with Crippen molar-refractivity contribution in [3.63, 3.8) is 0 Å². The second-order valence-corrected chi connectivity index (χ2v) is 5.74. The summed E-state index contributed by atoms with van der Waals surface area (Å²) in [6.07, 6.45) is 7.94. The average Bonchev–Trinajstić information content (AvgIpc) is 3.59. The molecule has 0 unspecified atom stereocenters. The molecule has 2 aromatic heterocycles. The Hall–Kier alpha value is -3.94. The summed E-state index contributed by atoms with van der Waals surface area (Å²) in [7, 11) is 0. The minimum atomic E-state index is -1.13. The Morgan fingerprint density at radius 1 is 0.667 bits per heavy atom. The molecule has 0 radical (unpaired) electrons. The molecular formula is C22H18CdN6O4. The molecule has 0 aliphatic rings. The van der Waals surface area contributed by atoms with Gasteiger partial charge in [0.2, 0.25) is 0 Å². The zero-order valence-electron chi connectivity index (χ0n) is 17.3. The van der Waals surface area contributed by atoms with Crippen LogP contribution >= 0.6 is 0 Å². The third-order valence-corrected chi connectivity index (χ3v) is 3.60. The van der Waals surface area contributed by atoms with Gasteiger partial charge in [0.15, 0.2) is 0 Å². The summed E-state index contributed by atoms with van der Waals surface area (Å²) >= 11 is 0. The van der Waals surface area contributed by atoms with Gasteiger partial charge in [-0.05, 0) is 29.0 Å². The van der Waals surface area contributed by atoms with Crippen LogP contribution < -0.4 is 0 Å². The number of fused-ring (bicyclic) bond motifs is 1. The summed E-state index contributed by atoms with van der Waals surface area (Å²) in [4.78, 5) is 20.8. The Labute approximate surface area is 208 Å². The van der Waals surface area contributed by atoms with Crippen LogP contribution in [0.3, 0.4) is 0 Å².